The number of benzene rings is 2. The van der Waals surface area contributed by atoms with E-state index < -0.39 is 26.6 Å². The van der Waals surface area contributed by atoms with Crippen molar-refractivity contribution in [1.82, 2.24) is 14.9 Å². The van der Waals surface area contributed by atoms with E-state index in [4.69, 9.17) is 14.6 Å². The fraction of sp³-hybridized carbons (Fsp3) is 0.182. The van der Waals surface area contributed by atoms with Gasteiger partial charge in [-0.2, -0.15) is 0 Å². The second kappa shape index (κ2) is 9.43. The summed E-state index contributed by atoms with van der Waals surface area (Å²) in [6, 6.07) is 8.04. The Morgan fingerprint density at radius 3 is 2.58 bits per heavy atom. The van der Waals surface area contributed by atoms with E-state index in [1.165, 1.54) is 44.6 Å². The van der Waals surface area contributed by atoms with Gasteiger partial charge >= 0.3 is 0 Å². The SMILES string of the molecule is CN/C=C\C(=N)NC(=O)c1cc(Oc2ccc(S(=O)(=O)N(C)C)c(F)c2)c2cc(C)oc2c1. The number of nitrogens with zero attached hydrogens (tertiary/aromatic N) is 1. The topological polar surface area (TPSA) is 125 Å². The van der Waals surface area contributed by atoms with Gasteiger partial charge in [0.1, 0.15) is 39.4 Å². The van der Waals surface area contributed by atoms with Crippen LogP contribution in [-0.4, -0.2) is 45.6 Å². The number of fused-ring (bicyclic) bond motifs is 1. The Morgan fingerprint density at radius 1 is 1.21 bits per heavy atom. The summed E-state index contributed by atoms with van der Waals surface area (Å²) in [5.74, 6) is -0.871. The van der Waals surface area contributed by atoms with Crippen LogP contribution in [0.15, 0.2) is 58.0 Å². The number of hydrogen-bond donors (Lipinski definition) is 3. The van der Waals surface area contributed by atoms with Crippen LogP contribution >= 0.6 is 0 Å². The van der Waals surface area contributed by atoms with E-state index in [0.29, 0.717) is 16.7 Å². The molecule has 0 atom stereocenters. The maximum Gasteiger partial charge on any atom is 0.257 e. The summed E-state index contributed by atoms with van der Waals surface area (Å²) < 4.78 is 51.4. The van der Waals surface area contributed by atoms with Crippen molar-refractivity contribution in [3.8, 4) is 11.5 Å². The van der Waals surface area contributed by atoms with Crippen molar-refractivity contribution in [2.75, 3.05) is 21.1 Å². The van der Waals surface area contributed by atoms with Crippen molar-refractivity contribution in [3.63, 3.8) is 0 Å². The molecule has 3 N–H and O–H groups in total. The summed E-state index contributed by atoms with van der Waals surface area (Å²) in [4.78, 5) is 12.1. The van der Waals surface area contributed by atoms with Crippen molar-refractivity contribution in [2.24, 2.45) is 0 Å². The van der Waals surface area contributed by atoms with Gasteiger partial charge in [-0.25, -0.2) is 17.1 Å². The van der Waals surface area contributed by atoms with Crippen LogP contribution in [-0.2, 0) is 10.0 Å². The molecule has 1 amide bonds. The first kappa shape index (κ1) is 24.0. The Morgan fingerprint density at radius 2 is 1.94 bits per heavy atom. The lowest BCUT2D eigenvalue weighted by atomic mass is 10.1. The summed E-state index contributed by atoms with van der Waals surface area (Å²) in [5.41, 5.74) is 0.515. The summed E-state index contributed by atoms with van der Waals surface area (Å²) in [6.07, 6.45) is 2.86. The molecule has 3 rings (SSSR count). The summed E-state index contributed by atoms with van der Waals surface area (Å²) in [6.45, 7) is 1.72. The zero-order valence-electron chi connectivity index (χ0n) is 18.4. The molecule has 33 heavy (non-hydrogen) atoms. The molecule has 0 aliphatic carbocycles. The lowest BCUT2D eigenvalue weighted by molar-refractivity contribution is 0.0977. The van der Waals surface area contributed by atoms with Gasteiger partial charge in [-0.3, -0.25) is 10.2 Å². The highest BCUT2D eigenvalue weighted by atomic mass is 32.2. The van der Waals surface area contributed by atoms with Gasteiger partial charge in [-0.15, -0.1) is 0 Å². The maximum absolute atomic E-state index is 14.6. The van der Waals surface area contributed by atoms with Gasteiger partial charge < -0.3 is 19.8 Å². The molecule has 0 saturated heterocycles. The van der Waals surface area contributed by atoms with Crippen LogP contribution in [0.1, 0.15) is 16.1 Å². The minimum atomic E-state index is -3.96. The van der Waals surface area contributed by atoms with Crippen molar-refractivity contribution < 1.29 is 26.8 Å². The van der Waals surface area contributed by atoms with Crippen LogP contribution in [0.4, 0.5) is 4.39 Å². The fourth-order valence-corrected chi connectivity index (χ4v) is 3.87. The number of aryl methyl sites for hydroxylation is 1. The highest BCUT2D eigenvalue weighted by molar-refractivity contribution is 7.89. The average Bonchev–Trinajstić information content (AvgIpc) is 3.12. The Bertz CT molecular complexity index is 1360. The zero-order chi connectivity index (χ0) is 24.3. The zero-order valence-corrected chi connectivity index (χ0v) is 19.2. The Balaban J connectivity index is 1.98. The minimum absolute atomic E-state index is 0.0348. The van der Waals surface area contributed by atoms with Gasteiger partial charge in [0.15, 0.2) is 0 Å². The predicted octanol–water partition coefficient (Wildman–Crippen LogP) is 3.36. The number of nitrogens with one attached hydrogen (secondary N) is 3. The standard InChI is InChI=1S/C22H23FN4O5S/c1-13-9-16-18(31-13)10-14(22(28)26-21(24)7-8-25-2)11-19(16)32-15-5-6-20(17(23)12-15)33(29,30)27(3)4/h5-12,25H,1-4H3,(H2,24,26,28)/b8-7-. The van der Waals surface area contributed by atoms with Crippen LogP contribution < -0.4 is 15.4 Å². The third-order valence-electron chi connectivity index (χ3n) is 4.54. The number of amides is 1. The number of amidine groups is 1. The lowest BCUT2D eigenvalue weighted by Crippen LogP contribution is -2.28. The molecule has 0 spiro atoms. The minimum Gasteiger partial charge on any atom is -0.461 e. The molecule has 3 aromatic rings. The van der Waals surface area contributed by atoms with E-state index in [1.54, 1.807) is 20.0 Å². The van der Waals surface area contributed by atoms with Crippen LogP contribution in [0.5, 0.6) is 11.5 Å². The van der Waals surface area contributed by atoms with Gasteiger partial charge in [0.05, 0.1) is 5.39 Å². The van der Waals surface area contributed by atoms with E-state index in [-0.39, 0.29) is 22.9 Å². The number of sulfonamides is 1. The Kier molecular flexibility index (Phi) is 6.84. The quantitative estimate of drug-likeness (QED) is 0.356. The van der Waals surface area contributed by atoms with Crippen LogP contribution in [0.3, 0.4) is 0 Å². The second-order valence-corrected chi connectivity index (χ2v) is 9.34. The molecule has 0 aliphatic heterocycles. The molecule has 0 aliphatic rings. The highest BCUT2D eigenvalue weighted by Crippen LogP contribution is 2.34. The van der Waals surface area contributed by atoms with Gasteiger partial charge in [-0.05, 0) is 49.5 Å². The maximum atomic E-state index is 14.6. The molecule has 0 saturated carbocycles. The van der Waals surface area contributed by atoms with Crippen LogP contribution in [0, 0.1) is 18.2 Å². The second-order valence-electron chi connectivity index (χ2n) is 7.21. The first-order valence-electron chi connectivity index (χ1n) is 9.70. The molecule has 1 aromatic heterocycles. The normalized spacial score (nSPS) is 11.8. The van der Waals surface area contributed by atoms with E-state index in [0.717, 1.165) is 16.4 Å². The average molecular weight is 475 g/mol. The number of hydrogen-bond acceptors (Lipinski definition) is 7. The fourth-order valence-electron chi connectivity index (χ4n) is 2.93. The molecule has 0 bridgehead atoms. The molecule has 174 valence electrons. The third kappa shape index (κ3) is 5.21. The smallest absolute Gasteiger partial charge is 0.257 e. The molecule has 0 fully saturated rings. The molecule has 2 aromatic carbocycles. The van der Waals surface area contributed by atoms with E-state index in [9.17, 15) is 17.6 Å². The summed E-state index contributed by atoms with van der Waals surface area (Å²) >= 11 is 0. The van der Waals surface area contributed by atoms with Crippen molar-refractivity contribution >= 4 is 32.7 Å². The first-order chi connectivity index (χ1) is 15.5. The van der Waals surface area contributed by atoms with Gasteiger partial charge in [-0.1, -0.05) is 0 Å². The van der Waals surface area contributed by atoms with E-state index in [1.807, 2.05) is 0 Å². The highest BCUT2D eigenvalue weighted by Gasteiger charge is 2.23. The summed E-state index contributed by atoms with van der Waals surface area (Å²) in [7, 11) is 0.315. The predicted molar refractivity (Wildman–Crippen MR) is 122 cm³/mol. The van der Waals surface area contributed by atoms with E-state index in [2.05, 4.69) is 10.6 Å². The first-order valence-corrected chi connectivity index (χ1v) is 11.1. The third-order valence-corrected chi connectivity index (χ3v) is 6.39. The number of rotatable bonds is 7. The molecule has 1 heterocycles. The van der Waals surface area contributed by atoms with Crippen LogP contribution in [0.2, 0.25) is 0 Å². The van der Waals surface area contributed by atoms with Crippen LogP contribution in [0.25, 0.3) is 11.0 Å². The molecule has 0 unspecified atom stereocenters. The molecular formula is C22H23FN4O5S. The van der Waals surface area contributed by atoms with Crippen molar-refractivity contribution in [3.05, 3.63) is 65.8 Å². The molecule has 9 nitrogen and oxygen atoms in total. The van der Waals surface area contributed by atoms with Gasteiger partial charge in [0.2, 0.25) is 10.0 Å². The number of carbonyl (C=O) groups excluding carboxylic acids is 1. The van der Waals surface area contributed by atoms with E-state index >= 15 is 0 Å². The number of halogens is 1. The summed E-state index contributed by atoms with van der Waals surface area (Å²) in [5, 5.41) is 13.5. The van der Waals surface area contributed by atoms with Crippen molar-refractivity contribution in [2.45, 2.75) is 11.8 Å². The Labute approximate surface area is 190 Å². The molecule has 11 heteroatoms. The number of ether oxygens (including phenoxy) is 1. The van der Waals surface area contributed by atoms with Gasteiger partial charge in [0.25, 0.3) is 5.91 Å². The van der Waals surface area contributed by atoms with Crippen molar-refractivity contribution in [1.29, 1.82) is 5.41 Å². The Hall–Kier alpha value is -3.70. The molecule has 0 radical (unpaired) electrons. The number of carbonyl (C=O) groups is 1. The monoisotopic (exact) mass is 474 g/mol. The lowest BCUT2D eigenvalue weighted by Gasteiger charge is -2.13. The number of furan rings is 1. The van der Waals surface area contributed by atoms with Gasteiger partial charge in [0, 0.05) is 32.8 Å². The molecular weight excluding hydrogens is 451 g/mol. The largest absolute Gasteiger partial charge is 0.461 e.